The first-order valence-corrected chi connectivity index (χ1v) is 11.7. The van der Waals surface area contributed by atoms with Gasteiger partial charge in [-0.15, -0.1) is 0 Å². The number of esters is 1. The van der Waals surface area contributed by atoms with Crippen molar-refractivity contribution in [1.29, 1.82) is 5.26 Å². The van der Waals surface area contributed by atoms with Gasteiger partial charge in [-0.1, -0.05) is 23.7 Å². The number of benzene rings is 2. The standard InChI is InChI=1S/C27H23ClF3N3O4/c1-37-23-7-3-5-16(6-4-8-25(36)38-2)26(23)34-15-22(35)17-9-10-21(28)19(11-17)20-14-33-24(27(29,30)31)12-18(20)13-32/h3,5,7,9-12,14,34H,4,6,8,15H2,1-2H3. The third-order valence-corrected chi connectivity index (χ3v) is 6.04. The van der Waals surface area contributed by atoms with E-state index in [4.69, 9.17) is 16.3 Å². The van der Waals surface area contributed by atoms with E-state index in [2.05, 4.69) is 15.0 Å². The lowest BCUT2D eigenvalue weighted by Crippen LogP contribution is -2.16. The number of anilines is 1. The van der Waals surface area contributed by atoms with Crippen LogP contribution in [-0.2, 0) is 22.1 Å². The first-order valence-electron chi connectivity index (χ1n) is 11.4. The minimum atomic E-state index is -4.71. The van der Waals surface area contributed by atoms with Crippen LogP contribution in [0.1, 0.15) is 40.0 Å². The molecule has 0 amide bonds. The third kappa shape index (κ3) is 6.81. The van der Waals surface area contributed by atoms with Crippen molar-refractivity contribution in [2.75, 3.05) is 26.1 Å². The zero-order valence-corrected chi connectivity index (χ0v) is 21.2. The lowest BCUT2D eigenvalue weighted by Gasteiger charge is -2.16. The number of nitriles is 1. The topological polar surface area (TPSA) is 101 Å². The van der Waals surface area contributed by atoms with E-state index < -0.39 is 11.9 Å². The first kappa shape index (κ1) is 28.5. The monoisotopic (exact) mass is 545 g/mol. The zero-order chi connectivity index (χ0) is 27.9. The van der Waals surface area contributed by atoms with Gasteiger partial charge in [-0.25, -0.2) is 0 Å². The third-order valence-electron chi connectivity index (χ3n) is 5.71. The number of hydrogen-bond acceptors (Lipinski definition) is 7. The number of aromatic nitrogens is 1. The molecule has 0 saturated heterocycles. The molecule has 11 heteroatoms. The number of aryl methyl sites for hydroxylation is 1. The molecule has 0 spiro atoms. The Morgan fingerprint density at radius 2 is 1.89 bits per heavy atom. The summed E-state index contributed by atoms with van der Waals surface area (Å²) in [6.45, 7) is -0.137. The number of carbonyl (C=O) groups excluding carboxylic acids is 2. The molecule has 2 aromatic carbocycles. The maximum absolute atomic E-state index is 13.1. The number of halogens is 4. The molecule has 198 valence electrons. The van der Waals surface area contributed by atoms with Crippen LogP contribution in [0.2, 0.25) is 5.02 Å². The molecule has 0 bridgehead atoms. The van der Waals surface area contributed by atoms with Crippen LogP contribution in [0, 0.1) is 11.3 Å². The zero-order valence-electron chi connectivity index (χ0n) is 20.5. The number of ether oxygens (including phenoxy) is 2. The normalized spacial score (nSPS) is 11.0. The summed E-state index contributed by atoms with van der Waals surface area (Å²) in [5.74, 6) is -0.147. The molecule has 0 radical (unpaired) electrons. The van der Waals surface area contributed by atoms with Crippen molar-refractivity contribution < 1.29 is 32.2 Å². The van der Waals surface area contributed by atoms with Gasteiger partial charge < -0.3 is 14.8 Å². The Bertz CT molecular complexity index is 1390. The van der Waals surface area contributed by atoms with E-state index in [0.29, 0.717) is 30.3 Å². The summed E-state index contributed by atoms with van der Waals surface area (Å²) in [4.78, 5) is 27.9. The molecule has 7 nitrogen and oxygen atoms in total. The van der Waals surface area contributed by atoms with Crippen LogP contribution in [0.15, 0.2) is 48.7 Å². The highest BCUT2D eigenvalue weighted by molar-refractivity contribution is 6.33. The molecule has 1 heterocycles. The van der Waals surface area contributed by atoms with Crippen LogP contribution >= 0.6 is 11.6 Å². The average molecular weight is 546 g/mol. The summed E-state index contributed by atoms with van der Waals surface area (Å²) in [6.07, 6.45) is -2.49. The SMILES string of the molecule is COC(=O)CCCc1cccc(OC)c1NCC(=O)c1ccc(Cl)c(-c2cnc(C(F)(F)F)cc2C#N)c1. The molecule has 0 aliphatic rings. The van der Waals surface area contributed by atoms with E-state index in [9.17, 15) is 28.0 Å². The Morgan fingerprint density at radius 1 is 1.13 bits per heavy atom. The first-order chi connectivity index (χ1) is 18.1. The highest BCUT2D eigenvalue weighted by atomic mass is 35.5. The van der Waals surface area contributed by atoms with Crippen molar-refractivity contribution in [2.45, 2.75) is 25.4 Å². The van der Waals surface area contributed by atoms with E-state index in [0.717, 1.165) is 11.8 Å². The largest absolute Gasteiger partial charge is 0.495 e. The highest BCUT2D eigenvalue weighted by Gasteiger charge is 2.33. The van der Waals surface area contributed by atoms with Crippen LogP contribution in [0.5, 0.6) is 5.75 Å². The molecular weight excluding hydrogens is 523 g/mol. The molecule has 0 unspecified atom stereocenters. The van der Waals surface area contributed by atoms with Crippen molar-refractivity contribution in [3.05, 3.63) is 76.1 Å². The summed E-state index contributed by atoms with van der Waals surface area (Å²) in [7, 11) is 2.82. The van der Waals surface area contributed by atoms with Gasteiger partial charge in [0.25, 0.3) is 0 Å². The molecule has 3 rings (SSSR count). The highest BCUT2D eigenvalue weighted by Crippen LogP contribution is 2.35. The van der Waals surface area contributed by atoms with Gasteiger partial charge in [0.1, 0.15) is 11.4 Å². The molecule has 0 aliphatic heterocycles. The number of alkyl halides is 3. The molecule has 0 saturated carbocycles. The van der Waals surface area contributed by atoms with Gasteiger partial charge in [0.2, 0.25) is 0 Å². The maximum Gasteiger partial charge on any atom is 0.433 e. The van der Waals surface area contributed by atoms with E-state index in [-0.39, 0.29) is 52.0 Å². The summed E-state index contributed by atoms with van der Waals surface area (Å²) in [5.41, 5.74) is 0.463. The number of carbonyl (C=O) groups is 2. The fourth-order valence-electron chi connectivity index (χ4n) is 3.77. The number of pyridine rings is 1. The van der Waals surface area contributed by atoms with Crippen molar-refractivity contribution in [3.63, 3.8) is 0 Å². The van der Waals surface area contributed by atoms with Crippen LogP contribution in [-0.4, -0.2) is 37.5 Å². The molecule has 38 heavy (non-hydrogen) atoms. The molecule has 0 fully saturated rings. The molecular formula is C27H23ClF3N3O4. The number of para-hydroxylation sites is 1. The number of ketones is 1. The van der Waals surface area contributed by atoms with E-state index >= 15 is 0 Å². The van der Waals surface area contributed by atoms with Gasteiger partial charge in [0.05, 0.1) is 38.1 Å². The van der Waals surface area contributed by atoms with Gasteiger partial charge >= 0.3 is 12.1 Å². The average Bonchev–Trinajstić information content (AvgIpc) is 2.91. The van der Waals surface area contributed by atoms with Gasteiger partial charge in [0, 0.05) is 34.3 Å². The molecule has 1 aromatic heterocycles. The van der Waals surface area contributed by atoms with E-state index in [1.807, 2.05) is 6.07 Å². The fourth-order valence-corrected chi connectivity index (χ4v) is 3.99. The summed E-state index contributed by atoms with van der Waals surface area (Å²) >= 11 is 6.27. The van der Waals surface area contributed by atoms with Gasteiger partial charge in [-0.05, 0) is 48.7 Å². The summed E-state index contributed by atoms with van der Waals surface area (Å²) in [5, 5.41) is 12.7. The smallest absolute Gasteiger partial charge is 0.433 e. The Labute approximate surface area is 222 Å². The number of hydrogen-bond donors (Lipinski definition) is 1. The van der Waals surface area contributed by atoms with Crippen LogP contribution < -0.4 is 10.1 Å². The second-order valence-electron chi connectivity index (χ2n) is 8.12. The lowest BCUT2D eigenvalue weighted by molar-refractivity contribution is -0.141. The lowest BCUT2D eigenvalue weighted by atomic mass is 9.98. The van der Waals surface area contributed by atoms with Gasteiger partial charge in [-0.2, -0.15) is 18.4 Å². The molecule has 3 aromatic rings. The number of nitrogens with one attached hydrogen (secondary N) is 1. The predicted octanol–water partition coefficient (Wildman–Crippen LogP) is 6.09. The van der Waals surface area contributed by atoms with Crippen molar-refractivity contribution >= 4 is 29.0 Å². The number of Topliss-reactive ketones (excluding diaryl/α,β-unsaturated/α-hetero) is 1. The van der Waals surface area contributed by atoms with Crippen molar-refractivity contribution in [1.82, 2.24) is 4.98 Å². The Morgan fingerprint density at radius 3 is 2.55 bits per heavy atom. The second kappa shape index (κ2) is 12.4. The number of nitrogens with zero attached hydrogens (tertiary/aromatic N) is 2. The minimum Gasteiger partial charge on any atom is -0.495 e. The quantitative estimate of drug-likeness (QED) is 0.243. The number of methoxy groups -OCH3 is 2. The maximum atomic E-state index is 13.1. The second-order valence-corrected chi connectivity index (χ2v) is 8.53. The summed E-state index contributed by atoms with van der Waals surface area (Å²) in [6, 6.07) is 12.1. The minimum absolute atomic E-state index is 0.0748. The molecule has 1 N–H and O–H groups in total. The van der Waals surface area contributed by atoms with Crippen LogP contribution in [0.3, 0.4) is 0 Å². The Kier molecular flexibility index (Phi) is 9.31. The van der Waals surface area contributed by atoms with Crippen molar-refractivity contribution in [2.24, 2.45) is 0 Å². The molecule has 0 atom stereocenters. The van der Waals surface area contributed by atoms with Crippen LogP contribution in [0.25, 0.3) is 11.1 Å². The molecule has 0 aliphatic carbocycles. The van der Waals surface area contributed by atoms with Crippen LogP contribution in [0.4, 0.5) is 18.9 Å². The van der Waals surface area contributed by atoms with Gasteiger partial charge in [-0.3, -0.25) is 14.6 Å². The predicted molar refractivity (Wildman–Crippen MR) is 135 cm³/mol. The Hall–Kier alpha value is -4.10. The van der Waals surface area contributed by atoms with Crippen molar-refractivity contribution in [3.8, 4) is 22.9 Å². The fraction of sp³-hybridized carbons (Fsp3) is 0.259. The Balaban J connectivity index is 1.84. The van der Waals surface area contributed by atoms with E-state index in [1.165, 1.54) is 32.4 Å². The van der Waals surface area contributed by atoms with E-state index in [1.54, 1.807) is 18.2 Å². The summed E-state index contributed by atoms with van der Waals surface area (Å²) < 4.78 is 49.2. The van der Waals surface area contributed by atoms with Gasteiger partial charge in [0.15, 0.2) is 5.78 Å². The number of rotatable bonds is 10.